The summed E-state index contributed by atoms with van der Waals surface area (Å²) in [4.78, 5) is 2.29. The fourth-order valence-corrected chi connectivity index (χ4v) is 2.30. The van der Waals surface area contributed by atoms with Crippen LogP contribution in [0, 0.1) is 0 Å². The van der Waals surface area contributed by atoms with E-state index in [2.05, 4.69) is 20.8 Å². The molecule has 1 aliphatic heterocycles. The van der Waals surface area contributed by atoms with Gasteiger partial charge in [-0.05, 0) is 50.2 Å². The SMILES string of the molecule is O[C@@H](COc1ccc(Br)cc1)CN1CCCC1. The van der Waals surface area contributed by atoms with E-state index in [1.165, 1.54) is 12.8 Å². The summed E-state index contributed by atoms with van der Waals surface area (Å²) >= 11 is 3.37. The lowest BCUT2D eigenvalue weighted by molar-refractivity contribution is 0.0758. The molecule has 1 aromatic rings. The van der Waals surface area contributed by atoms with Crippen LogP contribution in [0.4, 0.5) is 0 Å². The molecule has 17 heavy (non-hydrogen) atoms. The molecule has 3 nitrogen and oxygen atoms in total. The Morgan fingerprint density at radius 3 is 2.53 bits per heavy atom. The smallest absolute Gasteiger partial charge is 0.119 e. The number of nitrogens with zero attached hydrogens (tertiary/aromatic N) is 1. The Morgan fingerprint density at radius 2 is 1.88 bits per heavy atom. The average molecular weight is 300 g/mol. The first-order chi connectivity index (χ1) is 8.24. The highest BCUT2D eigenvalue weighted by atomic mass is 79.9. The van der Waals surface area contributed by atoms with Crippen molar-refractivity contribution in [1.29, 1.82) is 0 Å². The summed E-state index contributed by atoms with van der Waals surface area (Å²) in [6.45, 7) is 3.29. The third-order valence-corrected chi connectivity index (χ3v) is 3.45. The molecule has 0 bridgehead atoms. The standard InChI is InChI=1S/C13H18BrNO2/c14-11-3-5-13(6-4-11)17-10-12(16)9-15-7-1-2-8-15/h3-6,12,16H,1-2,7-10H2/t12-/m1/s1. The number of benzene rings is 1. The molecule has 1 atom stereocenters. The van der Waals surface area contributed by atoms with E-state index in [4.69, 9.17) is 4.74 Å². The second kappa shape index (κ2) is 6.38. The van der Waals surface area contributed by atoms with Crippen molar-refractivity contribution in [2.75, 3.05) is 26.2 Å². The van der Waals surface area contributed by atoms with Crippen LogP contribution in [0.15, 0.2) is 28.7 Å². The molecular formula is C13H18BrNO2. The summed E-state index contributed by atoms with van der Waals surface area (Å²) < 4.78 is 6.57. The van der Waals surface area contributed by atoms with Gasteiger partial charge < -0.3 is 14.7 Å². The van der Waals surface area contributed by atoms with E-state index in [-0.39, 0.29) is 0 Å². The molecule has 94 valence electrons. The zero-order valence-corrected chi connectivity index (χ0v) is 11.4. The first-order valence-corrected chi connectivity index (χ1v) is 6.82. The molecule has 0 radical (unpaired) electrons. The maximum atomic E-state index is 9.85. The van der Waals surface area contributed by atoms with Gasteiger partial charge in [-0.15, -0.1) is 0 Å². The van der Waals surface area contributed by atoms with E-state index in [9.17, 15) is 5.11 Å². The largest absolute Gasteiger partial charge is 0.491 e. The number of hydrogen-bond acceptors (Lipinski definition) is 3. The van der Waals surface area contributed by atoms with Crippen LogP contribution in [-0.2, 0) is 0 Å². The fraction of sp³-hybridized carbons (Fsp3) is 0.538. The van der Waals surface area contributed by atoms with Gasteiger partial charge in [-0.1, -0.05) is 15.9 Å². The molecule has 4 heteroatoms. The van der Waals surface area contributed by atoms with Crippen LogP contribution in [0.3, 0.4) is 0 Å². The number of aliphatic hydroxyl groups excluding tert-OH is 1. The Bertz CT molecular complexity index is 336. The highest BCUT2D eigenvalue weighted by molar-refractivity contribution is 9.10. The summed E-state index contributed by atoms with van der Waals surface area (Å²) in [5.74, 6) is 0.800. The lowest BCUT2D eigenvalue weighted by Gasteiger charge is -2.19. The Morgan fingerprint density at radius 1 is 1.24 bits per heavy atom. The van der Waals surface area contributed by atoms with Gasteiger partial charge in [0.25, 0.3) is 0 Å². The van der Waals surface area contributed by atoms with Crippen molar-refractivity contribution in [2.24, 2.45) is 0 Å². The van der Waals surface area contributed by atoms with Crippen molar-refractivity contribution in [3.63, 3.8) is 0 Å². The summed E-state index contributed by atoms with van der Waals surface area (Å²) in [7, 11) is 0. The maximum Gasteiger partial charge on any atom is 0.119 e. The van der Waals surface area contributed by atoms with Crippen LogP contribution >= 0.6 is 15.9 Å². The number of halogens is 1. The summed E-state index contributed by atoms with van der Waals surface area (Å²) in [6, 6.07) is 7.66. The lowest BCUT2D eigenvalue weighted by Crippen LogP contribution is -2.33. The first kappa shape index (κ1) is 12.9. The number of likely N-dealkylation sites (tertiary alicyclic amines) is 1. The van der Waals surface area contributed by atoms with Crippen LogP contribution in [-0.4, -0.2) is 42.4 Å². The van der Waals surface area contributed by atoms with Crippen molar-refractivity contribution in [2.45, 2.75) is 18.9 Å². The van der Waals surface area contributed by atoms with E-state index >= 15 is 0 Å². The molecule has 0 spiro atoms. The molecule has 0 unspecified atom stereocenters. The number of β-amino-alcohol motifs (C(OH)–C–C–N with tert-alkyl or cyclic N) is 1. The van der Waals surface area contributed by atoms with Gasteiger partial charge in [0.1, 0.15) is 18.5 Å². The predicted molar refractivity (Wildman–Crippen MR) is 71.3 cm³/mol. The minimum Gasteiger partial charge on any atom is -0.491 e. The molecule has 0 aromatic heterocycles. The molecule has 1 heterocycles. The second-order valence-corrected chi connectivity index (χ2v) is 5.34. The minimum absolute atomic E-state index is 0.359. The average Bonchev–Trinajstić information content (AvgIpc) is 2.81. The predicted octanol–water partition coefficient (Wildman–Crippen LogP) is 2.28. The van der Waals surface area contributed by atoms with E-state index in [0.29, 0.717) is 6.61 Å². The minimum atomic E-state index is -0.406. The number of ether oxygens (including phenoxy) is 1. The third-order valence-electron chi connectivity index (χ3n) is 2.92. The molecule has 0 aliphatic carbocycles. The van der Waals surface area contributed by atoms with Gasteiger partial charge in [0.05, 0.1) is 0 Å². The Kier molecular flexibility index (Phi) is 4.83. The van der Waals surface area contributed by atoms with Gasteiger partial charge in [0.2, 0.25) is 0 Å². The molecule has 1 N–H and O–H groups in total. The van der Waals surface area contributed by atoms with Gasteiger partial charge in [-0.3, -0.25) is 0 Å². The van der Waals surface area contributed by atoms with Gasteiger partial charge >= 0.3 is 0 Å². The van der Waals surface area contributed by atoms with E-state index in [1.807, 2.05) is 24.3 Å². The highest BCUT2D eigenvalue weighted by Crippen LogP contribution is 2.16. The second-order valence-electron chi connectivity index (χ2n) is 4.43. The van der Waals surface area contributed by atoms with Crippen molar-refractivity contribution >= 4 is 15.9 Å². The lowest BCUT2D eigenvalue weighted by atomic mass is 10.3. The normalized spacial score (nSPS) is 18.2. The zero-order valence-electron chi connectivity index (χ0n) is 9.81. The highest BCUT2D eigenvalue weighted by Gasteiger charge is 2.15. The van der Waals surface area contributed by atoms with Crippen LogP contribution in [0.25, 0.3) is 0 Å². The molecule has 1 fully saturated rings. The van der Waals surface area contributed by atoms with Crippen LogP contribution in [0.5, 0.6) is 5.75 Å². The third kappa shape index (κ3) is 4.30. The Balaban J connectivity index is 1.71. The summed E-state index contributed by atoms with van der Waals surface area (Å²) in [6.07, 6.45) is 2.09. The van der Waals surface area contributed by atoms with Crippen molar-refractivity contribution < 1.29 is 9.84 Å². The van der Waals surface area contributed by atoms with Crippen molar-refractivity contribution in [3.8, 4) is 5.75 Å². The molecule has 1 saturated heterocycles. The van der Waals surface area contributed by atoms with Crippen molar-refractivity contribution in [3.05, 3.63) is 28.7 Å². The molecule has 1 aliphatic rings. The molecule has 2 rings (SSSR count). The van der Waals surface area contributed by atoms with Gasteiger partial charge in [-0.25, -0.2) is 0 Å². The monoisotopic (exact) mass is 299 g/mol. The topological polar surface area (TPSA) is 32.7 Å². The molecule has 0 saturated carbocycles. The Hall–Kier alpha value is -0.580. The quantitative estimate of drug-likeness (QED) is 0.905. The van der Waals surface area contributed by atoms with Crippen molar-refractivity contribution in [1.82, 2.24) is 4.90 Å². The number of rotatable bonds is 5. The summed E-state index contributed by atoms with van der Waals surface area (Å²) in [5, 5.41) is 9.85. The van der Waals surface area contributed by atoms with Crippen LogP contribution in [0.2, 0.25) is 0 Å². The van der Waals surface area contributed by atoms with Gasteiger partial charge in [-0.2, -0.15) is 0 Å². The molecule has 0 amide bonds. The molecule has 1 aromatic carbocycles. The van der Waals surface area contributed by atoms with Gasteiger partial charge in [0.15, 0.2) is 0 Å². The number of hydrogen-bond donors (Lipinski definition) is 1. The van der Waals surface area contributed by atoms with Crippen LogP contribution < -0.4 is 4.74 Å². The zero-order chi connectivity index (χ0) is 12.1. The van der Waals surface area contributed by atoms with E-state index < -0.39 is 6.10 Å². The maximum absolute atomic E-state index is 9.85. The fourth-order valence-electron chi connectivity index (χ4n) is 2.04. The van der Waals surface area contributed by atoms with E-state index in [0.717, 1.165) is 29.9 Å². The summed E-state index contributed by atoms with van der Waals surface area (Å²) in [5.41, 5.74) is 0. The van der Waals surface area contributed by atoms with Gasteiger partial charge in [0, 0.05) is 11.0 Å². The number of aliphatic hydroxyl groups is 1. The Labute approximate surface area is 111 Å². The van der Waals surface area contributed by atoms with E-state index in [1.54, 1.807) is 0 Å². The molecular weight excluding hydrogens is 282 g/mol. The first-order valence-electron chi connectivity index (χ1n) is 6.03. The van der Waals surface area contributed by atoms with Crippen LogP contribution in [0.1, 0.15) is 12.8 Å².